The van der Waals surface area contributed by atoms with Crippen LogP contribution in [0.4, 0.5) is 50.4 Å². The van der Waals surface area contributed by atoms with Crippen LogP contribution in [0.15, 0.2) is 80.6 Å². The van der Waals surface area contributed by atoms with Crippen LogP contribution in [0.3, 0.4) is 0 Å². The number of carboxylic acid groups (broad SMARTS) is 1. The van der Waals surface area contributed by atoms with E-state index in [2.05, 4.69) is 75.0 Å². The van der Waals surface area contributed by atoms with Gasteiger partial charge in [0.15, 0.2) is 27.3 Å². The number of aromatic nitrogens is 8. The number of hydrogen-bond donors (Lipinski definition) is 8. The molecule has 0 fully saturated rings. The second-order valence-corrected chi connectivity index (χ2v) is 27.2. The number of aliphatic carboxylic acids is 1. The van der Waals surface area contributed by atoms with Crippen LogP contribution in [0.2, 0.25) is 0 Å². The third-order valence-corrected chi connectivity index (χ3v) is 17.6. The Morgan fingerprint density at radius 2 is 1.51 bits per heavy atom. The number of pyridine rings is 1. The molecule has 0 bridgehead atoms. The molecule has 4 aromatic heterocycles. The number of carbonyl (C=O) groups excluding carboxylic acids is 3. The van der Waals surface area contributed by atoms with E-state index >= 15 is 0 Å². The second kappa shape index (κ2) is 31.3. The molecule has 498 valence electrons. The summed E-state index contributed by atoms with van der Waals surface area (Å²) in [4.78, 5) is 90.4. The average Bonchev–Trinajstić information content (AvgIpc) is 1.41. The number of urea groups is 2. The van der Waals surface area contributed by atoms with Gasteiger partial charge in [0.25, 0.3) is 26.0 Å². The molecule has 33 nitrogen and oxygen atoms in total. The molecule has 8 rings (SSSR count). The molecule has 0 atom stereocenters. The van der Waals surface area contributed by atoms with Gasteiger partial charge in [-0.25, -0.2) is 50.2 Å². The topological polar surface area (TPSA) is 456 Å². The smallest absolute Gasteiger partial charge is 0.389 e. The molecule has 0 saturated carbocycles. The first kappa shape index (κ1) is 73.7. The predicted octanol–water partition coefficient (Wildman–Crippen LogP) is 3.44. The van der Waals surface area contributed by atoms with Crippen molar-refractivity contribution in [3.05, 3.63) is 88.6 Å². The fourth-order valence-corrected chi connectivity index (χ4v) is 12.5. The van der Waals surface area contributed by atoms with Crippen molar-refractivity contribution in [1.82, 2.24) is 53.6 Å². The van der Waals surface area contributed by atoms with Gasteiger partial charge in [0, 0.05) is 43.2 Å². The first-order chi connectivity index (χ1) is 42.9. The largest absolute Gasteiger partial charge is 0.481 e. The Balaban J connectivity index is 0.000000233. The van der Waals surface area contributed by atoms with Crippen molar-refractivity contribution in [3.63, 3.8) is 0 Å². The molecule has 92 heavy (non-hydrogen) atoms. The Morgan fingerprint density at radius 3 is 2.10 bits per heavy atom. The first-order valence-corrected chi connectivity index (χ1v) is 33.1. The van der Waals surface area contributed by atoms with E-state index < -0.39 is 108 Å². The standard InChI is InChI=1S/C18H17FN4O2S.C15H16F3N5O4S.C14H17N5O7S2.C3H8NO5P/c1-4-5-22-13-7-12(11(19)6-14(13)25-9-16(22)24)20-17-23-10-18(2,3)8-15(23)21-26-17;1-9-19-12(22-14(20-9)27-2)21-13(24)23-28(25,26)11-6-4-3-5-10(11)7-8-15(16,17)18;1-4-27(21,22)9-6-5-7-15-12(9)28(23,24)19-14(20)18-13-16-10(25-2)8-11(17-13)26-3;5-3(6)1-4-2-10(7,8)9/h1,6-7H,5,8-10H2,2-3H3;3-6H,7-8H2,1-2H3,(H2,19,20,21,22,23,24);5-8H,4H2,1-3H3,(H2,16,17,18,19,20);4H,1-2H2,(H,5,6)(H2,7,8,9). The zero-order chi connectivity index (χ0) is 68.6. The van der Waals surface area contributed by atoms with Gasteiger partial charge >= 0.3 is 37.8 Å². The molecule has 0 spiro atoms. The number of halogens is 4. The molecular formula is C50H58F4N15O18PS4. The molecule has 8 N–H and O–H groups in total. The molecule has 5 amide bonds. The lowest BCUT2D eigenvalue weighted by molar-refractivity contribution is -0.136. The summed E-state index contributed by atoms with van der Waals surface area (Å²) in [5, 5.41) is 13.5. The predicted molar refractivity (Wildman–Crippen MR) is 316 cm³/mol. The highest BCUT2D eigenvalue weighted by Gasteiger charge is 2.33. The number of fused-ring (bicyclic) bond motifs is 2. The zero-order valence-electron chi connectivity index (χ0n) is 49.2. The van der Waals surface area contributed by atoms with Gasteiger partial charge in [0.1, 0.15) is 28.0 Å². The number of alkyl halides is 3. The van der Waals surface area contributed by atoms with Crippen molar-refractivity contribution in [1.29, 1.82) is 0 Å². The molecule has 0 saturated heterocycles. The number of hydrogen-bond acceptors (Lipinski definition) is 25. The third-order valence-electron chi connectivity index (χ3n) is 11.6. The molecule has 2 aliphatic heterocycles. The summed E-state index contributed by atoms with van der Waals surface area (Å²) in [6, 6.07) is 9.04. The Bertz CT molecular complexity index is 4210. The number of benzene rings is 2. The summed E-state index contributed by atoms with van der Waals surface area (Å²) in [7, 11) is -13.1. The van der Waals surface area contributed by atoms with Crippen molar-refractivity contribution >= 4 is 96.2 Å². The highest BCUT2D eigenvalue weighted by molar-refractivity contribution is 7.93. The van der Waals surface area contributed by atoms with Gasteiger partial charge in [0.2, 0.25) is 28.5 Å². The number of nitrogens with zero attached hydrogens (tertiary/aromatic N) is 10. The van der Waals surface area contributed by atoms with Crippen molar-refractivity contribution in [2.75, 3.05) is 68.6 Å². The van der Waals surface area contributed by atoms with Crippen LogP contribution in [-0.4, -0.2) is 162 Å². The van der Waals surface area contributed by atoms with Crippen LogP contribution in [-0.2, 0) is 63.4 Å². The quantitative estimate of drug-likeness (QED) is 0.0327. The van der Waals surface area contributed by atoms with E-state index in [1.807, 2.05) is 4.57 Å². The molecule has 42 heteroatoms. The third kappa shape index (κ3) is 21.8. The van der Waals surface area contributed by atoms with Gasteiger partial charge in [0.05, 0.1) is 63.1 Å². The molecular weight excluding hydrogens is 1330 g/mol. The highest BCUT2D eigenvalue weighted by Crippen LogP contribution is 2.38. The van der Waals surface area contributed by atoms with Crippen LogP contribution in [0.1, 0.15) is 44.4 Å². The molecule has 0 radical (unpaired) electrons. The lowest BCUT2D eigenvalue weighted by Gasteiger charge is -2.28. The summed E-state index contributed by atoms with van der Waals surface area (Å²) in [6.45, 7) is 7.47. The summed E-state index contributed by atoms with van der Waals surface area (Å²) in [6.07, 6.45) is 0.517. The van der Waals surface area contributed by atoms with Gasteiger partial charge in [-0.05, 0) is 48.6 Å². The fourth-order valence-electron chi connectivity index (χ4n) is 7.65. The van der Waals surface area contributed by atoms with E-state index in [0.29, 0.717) is 16.2 Å². The second-order valence-electron chi connectivity index (χ2n) is 19.3. The lowest BCUT2D eigenvalue weighted by atomic mass is 9.92. The minimum absolute atomic E-state index is 0.0612. The van der Waals surface area contributed by atoms with Gasteiger partial charge in [-0.3, -0.25) is 35.0 Å². The Morgan fingerprint density at radius 1 is 0.891 bits per heavy atom. The van der Waals surface area contributed by atoms with Crippen LogP contribution in [0.25, 0.3) is 0 Å². The van der Waals surface area contributed by atoms with Crippen molar-refractivity contribution in [2.24, 2.45) is 10.4 Å². The van der Waals surface area contributed by atoms with Gasteiger partial charge in [-0.15, -0.1) is 6.42 Å². The fraction of sp³-hybridized carbons (Fsp3) is 0.360. The number of aryl methyl sites for hydroxylation is 2. The average molecular weight is 1390 g/mol. The normalized spacial score (nSPS) is 13.5. The number of anilines is 3. The Labute approximate surface area is 525 Å². The number of sulfone groups is 1. The van der Waals surface area contributed by atoms with Crippen LogP contribution in [0.5, 0.6) is 23.5 Å². The maximum Gasteiger partial charge on any atom is 0.389 e. The van der Waals surface area contributed by atoms with Crippen LogP contribution < -0.4 is 54.0 Å². The van der Waals surface area contributed by atoms with Crippen LogP contribution >= 0.6 is 19.1 Å². The van der Waals surface area contributed by atoms with E-state index in [1.165, 1.54) is 94.1 Å². The maximum absolute atomic E-state index is 14.5. The number of carbonyl (C=O) groups is 4. The number of nitrogens with one attached hydrogen (secondary N) is 5. The zero-order valence-corrected chi connectivity index (χ0v) is 53.4. The molecule has 2 aromatic carbocycles. The van der Waals surface area contributed by atoms with E-state index in [4.69, 9.17) is 40.3 Å². The molecule has 0 unspecified atom stereocenters. The summed E-state index contributed by atoms with van der Waals surface area (Å²) in [5.41, 5.74) is 0.607. The summed E-state index contributed by atoms with van der Waals surface area (Å²) >= 11 is 1.24. The van der Waals surface area contributed by atoms with Gasteiger partial charge in [-0.1, -0.05) is 44.9 Å². The summed E-state index contributed by atoms with van der Waals surface area (Å²) < 4.78 is 166. The Hall–Kier alpha value is -9.04. The maximum atomic E-state index is 14.5. The van der Waals surface area contributed by atoms with E-state index in [0.717, 1.165) is 37.1 Å². The molecule has 0 aliphatic carbocycles. The number of rotatable bonds is 19. The number of terminal acetylenes is 1. The Kier molecular flexibility index (Phi) is 25.1. The minimum Gasteiger partial charge on any atom is -0.481 e. The van der Waals surface area contributed by atoms with E-state index in [-0.39, 0.29) is 77.0 Å². The number of sulfonamides is 2. The lowest BCUT2D eigenvalue weighted by Crippen LogP contribution is -2.39. The number of methoxy groups -OCH3 is 3. The van der Waals surface area contributed by atoms with Crippen molar-refractivity contribution < 1.29 is 100 Å². The monoisotopic (exact) mass is 1390 g/mol. The highest BCUT2D eigenvalue weighted by atomic mass is 32.2. The number of ether oxygens (including phenoxy) is 4. The van der Waals surface area contributed by atoms with Gasteiger partial charge in [-0.2, -0.15) is 50.9 Å². The van der Waals surface area contributed by atoms with Crippen LogP contribution in [0, 0.1) is 30.5 Å². The van der Waals surface area contributed by atoms with Gasteiger partial charge < -0.3 is 38.4 Å². The molecule has 2 aliphatic rings. The molecule has 6 aromatic rings. The molecule has 6 heterocycles. The SMILES string of the molecule is C#CCN1C(=O)COc2cc(F)c(N=c3snc4n3CC(C)(C)C4)cc21.CCS(=O)(=O)c1cccnc1S(=O)(=O)NC(=O)Nc1nc(OC)cc(OC)n1.COc1nc(C)nc(NC(=O)NS(=O)(=O)c2ccccc2CCC(F)(F)F)n1.O=C(O)CNCP(=O)(O)O. The minimum atomic E-state index is -4.61. The van der Waals surface area contributed by atoms with Crippen molar-refractivity contribution in [2.45, 2.75) is 74.5 Å². The van der Waals surface area contributed by atoms with E-state index in [9.17, 15) is 66.6 Å². The van der Waals surface area contributed by atoms with E-state index in [1.54, 1.807) is 9.44 Å². The summed E-state index contributed by atoms with van der Waals surface area (Å²) in [5.74, 6) is 1.21. The number of carboxylic acids is 1. The first-order valence-electron chi connectivity index (χ1n) is 25.9. The number of amides is 5. The van der Waals surface area contributed by atoms with Crippen molar-refractivity contribution in [3.8, 4) is 35.9 Å².